The van der Waals surface area contributed by atoms with Crippen LogP contribution in [0.25, 0.3) is 0 Å². The van der Waals surface area contributed by atoms with Gasteiger partial charge in [0.15, 0.2) is 0 Å². The molecule has 3 nitrogen and oxygen atoms in total. The van der Waals surface area contributed by atoms with Crippen LogP contribution in [0.15, 0.2) is 0 Å². The summed E-state index contributed by atoms with van der Waals surface area (Å²) in [7, 11) is 2.16. The summed E-state index contributed by atoms with van der Waals surface area (Å²) in [4.78, 5) is 2.65. The smallest absolute Gasteiger partial charge is 0.0685 e. The number of hydrogen-bond acceptors (Lipinski definition) is 3. The van der Waals surface area contributed by atoms with E-state index in [2.05, 4.69) is 45.0 Å². The lowest BCUT2D eigenvalue weighted by molar-refractivity contribution is -0.153. The lowest BCUT2D eigenvalue weighted by Gasteiger charge is -2.54. The van der Waals surface area contributed by atoms with Gasteiger partial charge in [-0.15, -0.1) is 0 Å². The van der Waals surface area contributed by atoms with Crippen molar-refractivity contribution >= 4 is 0 Å². The maximum Gasteiger partial charge on any atom is 0.0685 e. The minimum atomic E-state index is 0.241. The van der Waals surface area contributed by atoms with Gasteiger partial charge in [0.1, 0.15) is 0 Å². The Morgan fingerprint density at radius 3 is 2.38 bits per heavy atom. The third-order valence-electron chi connectivity index (χ3n) is 6.45. The van der Waals surface area contributed by atoms with Gasteiger partial charge in [-0.05, 0) is 71.5 Å². The van der Waals surface area contributed by atoms with Crippen molar-refractivity contribution in [2.45, 2.75) is 83.4 Å². The molecule has 0 bridgehead atoms. The van der Waals surface area contributed by atoms with Crippen LogP contribution in [0.1, 0.15) is 66.2 Å². The molecule has 1 aliphatic heterocycles. The quantitative estimate of drug-likeness (QED) is 0.779. The van der Waals surface area contributed by atoms with Gasteiger partial charge in [-0.25, -0.2) is 0 Å². The van der Waals surface area contributed by atoms with Crippen LogP contribution in [0.5, 0.6) is 0 Å². The molecule has 124 valence electrons. The lowest BCUT2D eigenvalue weighted by Crippen LogP contribution is -2.63. The highest BCUT2D eigenvalue weighted by molar-refractivity contribution is 5.03. The number of hydrogen-bond donors (Lipinski definition) is 1. The Labute approximate surface area is 131 Å². The van der Waals surface area contributed by atoms with E-state index in [0.29, 0.717) is 6.04 Å². The van der Waals surface area contributed by atoms with Crippen LogP contribution < -0.4 is 5.32 Å². The monoisotopic (exact) mass is 296 g/mol. The van der Waals surface area contributed by atoms with Crippen molar-refractivity contribution in [3.63, 3.8) is 0 Å². The number of ether oxygens (including phenoxy) is 1. The maximum absolute atomic E-state index is 6.14. The molecule has 1 saturated carbocycles. The van der Waals surface area contributed by atoms with Gasteiger partial charge in [0.25, 0.3) is 0 Å². The van der Waals surface area contributed by atoms with E-state index in [1.165, 1.54) is 38.5 Å². The Bertz CT molecular complexity index is 325. The van der Waals surface area contributed by atoms with Crippen LogP contribution in [-0.4, -0.2) is 48.8 Å². The minimum absolute atomic E-state index is 0.241. The molecule has 1 heterocycles. The first-order valence-electron chi connectivity index (χ1n) is 9.11. The summed E-state index contributed by atoms with van der Waals surface area (Å²) in [6.07, 6.45) is 7.60. The fourth-order valence-electron chi connectivity index (χ4n) is 4.91. The molecule has 3 unspecified atom stereocenters. The van der Waals surface area contributed by atoms with Gasteiger partial charge in [0.05, 0.1) is 5.60 Å². The van der Waals surface area contributed by atoms with Crippen molar-refractivity contribution in [2.75, 3.05) is 26.7 Å². The molecule has 0 radical (unpaired) electrons. The van der Waals surface area contributed by atoms with Crippen LogP contribution >= 0.6 is 0 Å². The van der Waals surface area contributed by atoms with E-state index in [9.17, 15) is 0 Å². The van der Waals surface area contributed by atoms with Crippen molar-refractivity contribution in [2.24, 2.45) is 5.92 Å². The molecule has 0 amide bonds. The summed E-state index contributed by atoms with van der Waals surface area (Å²) >= 11 is 0. The predicted molar refractivity (Wildman–Crippen MR) is 89.7 cm³/mol. The molecule has 1 N–H and O–H groups in total. The summed E-state index contributed by atoms with van der Waals surface area (Å²) in [5.41, 5.74) is 0.487. The second-order valence-corrected chi connectivity index (χ2v) is 7.29. The molecule has 2 aliphatic rings. The molecule has 1 spiro atoms. The zero-order valence-electron chi connectivity index (χ0n) is 14.9. The van der Waals surface area contributed by atoms with E-state index in [0.717, 1.165) is 25.6 Å². The Morgan fingerprint density at radius 1 is 1.29 bits per heavy atom. The first kappa shape index (κ1) is 17.2. The van der Waals surface area contributed by atoms with Crippen LogP contribution in [-0.2, 0) is 4.74 Å². The van der Waals surface area contributed by atoms with Gasteiger partial charge in [0, 0.05) is 18.2 Å². The highest BCUT2D eigenvalue weighted by atomic mass is 16.5. The van der Waals surface area contributed by atoms with E-state index >= 15 is 0 Å². The summed E-state index contributed by atoms with van der Waals surface area (Å²) in [6, 6.07) is 0.559. The average Bonchev–Trinajstić information content (AvgIpc) is 2.48. The van der Waals surface area contributed by atoms with Gasteiger partial charge in [-0.3, -0.25) is 4.90 Å². The van der Waals surface area contributed by atoms with Gasteiger partial charge in [-0.1, -0.05) is 20.8 Å². The van der Waals surface area contributed by atoms with E-state index in [1.807, 2.05) is 0 Å². The number of nitrogens with zero attached hydrogens (tertiary/aromatic N) is 1. The molecular weight excluding hydrogens is 260 g/mol. The number of nitrogens with one attached hydrogen (secondary N) is 1. The van der Waals surface area contributed by atoms with Crippen LogP contribution in [0.3, 0.4) is 0 Å². The van der Waals surface area contributed by atoms with Crippen molar-refractivity contribution in [1.82, 2.24) is 10.2 Å². The molecule has 2 rings (SSSR count). The van der Waals surface area contributed by atoms with Crippen molar-refractivity contribution in [3.05, 3.63) is 0 Å². The van der Waals surface area contributed by atoms with Gasteiger partial charge >= 0.3 is 0 Å². The highest BCUT2D eigenvalue weighted by Gasteiger charge is 2.48. The summed E-state index contributed by atoms with van der Waals surface area (Å²) < 4.78 is 6.14. The highest BCUT2D eigenvalue weighted by Crippen LogP contribution is 2.46. The lowest BCUT2D eigenvalue weighted by atomic mass is 9.67. The molecule has 0 aromatic carbocycles. The third-order valence-corrected chi connectivity index (χ3v) is 6.45. The molecule has 0 aromatic rings. The molecule has 1 saturated heterocycles. The normalized spacial score (nSPS) is 29.1. The first-order chi connectivity index (χ1) is 10.0. The molecule has 2 fully saturated rings. The minimum Gasteiger partial charge on any atom is -0.375 e. The fourth-order valence-corrected chi connectivity index (χ4v) is 4.91. The second-order valence-electron chi connectivity index (χ2n) is 7.29. The van der Waals surface area contributed by atoms with E-state index in [1.54, 1.807) is 0 Å². The average molecular weight is 296 g/mol. The van der Waals surface area contributed by atoms with Gasteiger partial charge in [-0.2, -0.15) is 0 Å². The Balaban J connectivity index is 2.16. The number of rotatable bonds is 7. The molecule has 3 heteroatoms. The van der Waals surface area contributed by atoms with E-state index < -0.39 is 0 Å². The van der Waals surface area contributed by atoms with Gasteiger partial charge in [0.2, 0.25) is 0 Å². The molecule has 3 atom stereocenters. The van der Waals surface area contributed by atoms with Gasteiger partial charge < -0.3 is 10.1 Å². The SMILES string of the molecule is CCN(CC)C(C)(CC)C(NC)C1CCOC2(CCC2)C1. The van der Waals surface area contributed by atoms with Crippen molar-refractivity contribution in [1.29, 1.82) is 0 Å². The van der Waals surface area contributed by atoms with Crippen LogP contribution in [0, 0.1) is 5.92 Å². The maximum atomic E-state index is 6.14. The Kier molecular flexibility index (Phi) is 5.72. The van der Waals surface area contributed by atoms with Crippen molar-refractivity contribution < 1.29 is 4.74 Å². The molecule has 0 aromatic heterocycles. The van der Waals surface area contributed by atoms with Crippen molar-refractivity contribution in [3.8, 4) is 0 Å². The molecule has 21 heavy (non-hydrogen) atoms. The second kappa shape index (κ2) is 6.97. The zero-order chi connectivity index (χ0) is 15.5. The predicted octanol–water partition coefficient (Wildman–Crippen LogP) is 3.43. The third kappa shape index (κ3) is 3.16. The molecular formula is C18H36N2O. The summed E-state index contributed by atoms with van der Waals surface area (Å²) in [6.45, 7) is 12.6. The Morgan fingerprint density at radius 2 is 1.95 bits per heavy atom. The van der Waals surface area contributed by atoms with E-state index in [-0.39, 0.29) is 11.1 Å². The summed E-state index contributed by atoms with van der Waals surface area (Å²) in [5.74, 6) is 0.745. The first-order valence-corrected chi connectivity index (χ1v) is 9.11. The molecule has 1 aliphatic carbocycles. The Hall–Kier alpha value is -0.120. The number of likely N-dealkylation sites (N-methyl/N-ethyl adjacent to an activating group) is 2. The van der Waals surface area contributed by atoms with Crippen LogP contribution in [0.4, 0.5) is 0 Å². The fraction of sp³-hybridized carbons (Fsp3) is 1.00. The summed E-state index contributed by atoms with van der Waals surface area (Å²) in [5, 5.41) is 3.70. The van der Waals surface area contributed by atoms with E-state index in [4.69, 9.17) is 4.74 Å². The largest absolute Gasteiger partial charge is 0.375 e. The standard InChI is InChI=1S/C18H36N2O/c1-6-17(4,20(7-2)8-3)16(19-5)15-10-13-21-18(14-15)11-9-12-18/h15-16,19H,6-14H2,1-5H3. The van der Waals surface area contributed by atoms with Crippen LogP contribution in [0.2, 0.25) is 0 Å². The topological polar surface area (TPSA) is 24.5 Å². The zero-order valence-corrected chi connectivity index (χ0v) is 14.9.